The second kappa shape index (κ2) is 8.10. The topological polar surface area (TPSA) is 93.3 Å². The van der Waals surface area contributed by atoms with Gasteiger partial charge in [0.15, 0.2) is 0 Å². The van der Waals surface area contributed by atoms with E-state index in [1.807, 2.05) is 0 Å². The fourth-order valence-corrected chi connectivity index (χ4v) is 4.18. The third kappa shape index (κ3) is 4.67. The quantitative estimate of drug-likeness (QED) is 0.835. The molecule has 1 amide bonds. The van der Waals surface area contributed by atoms with Crippen LogP contribution in [0.5, 0.6) is 0 Å². The maximum absolute atomic E-state index is 12.2. The van der Waals surface area contributed by atoms with Crippen molar-refractivity contribution in [1.82, 2.24) is 14.5 Å². The summed E-state index contributed by atoms with van der Waals surface area (Å²) in [7, 11) is 0. The Morgan fingerprint density at radius 2 is 2.04 bits per heavy atom. The van der Waals surface area contributed by atoms with E-state index in [2.05, 4.69) is 15.2 Å². The predicted octanol–water partition coefficient (Wildman–Crippen LogP) is 1.21. The molecule has 3 N–H and O–H groups in total. The van der Waals surface area contributed by atoms with Crippen molar-refractivity contribution >= 4 is 11.7 Å². The van der Waals surface area contributed by atoms with Crippen LogP contribution in [-0.4, -0.2) is 46.5 Å². The van der Waals surface area contributed by atoms with Crippen LogP contribution in [0.2, 0.25) is 0 Å². The summed E-state index contributed by atoms with van der Waals surface area (Å²) < 4.78 is 1.72. The number of amides is 1. The van der Waals surface area contributed by atoms with Gasteiger partial charge in [0.2, 0.25) is 5.91 Å². The fraction of sp³-hybridized carbons (Fsp3) is 0.722. The van der Waals surface area contributed by atoms with Crippen LogP contribution in [0.1, 0.15) is 45.1 Å². The molecule has 2 fully saturated rings. The first-order valence-electron chi connectivity index (χ1n) is 9.34. The first kappa shape index (κ1) is 18.1. The van der Waals surface area contributed by atoms with Gasteiger partial charge in [0.05, 0.1) is 0 Å². The number of hydrogen-bond donors (Lipinski definition) is 2. The third-order valence-corrected chi connectivity index (χ3v) is 5.56. The van der Waals surface area contributed by atoms with E-state index in [9.17, 15) is 9.59 Å². The zero-order chi connectivity index (χ0) is 17.8. The molecule has 2 aliphatic rings. The molecule has 7 nitrogen and oxygen atoms in total. The summed E-state index contributed by atoms with van der Waals surface area (Å²) in [6.07, 6.45) is 7.31. The first-order valence-corrected chi connectivity index (χ1v) is 9.34. The normalized spacial score (nSPS) is 27.4. The van der Waals surface area contributed by atoms with Crippen molar-refractivity contribution in [3.05, 3.63) is 22.7 Å². The lowest BCUT2D eigenvalue weighted by Gasteiger charge is -2.32. The van der Waals surface area contributed by atoms with Crippen molar-refractivity contribution in [3.8, 4) is 0 Å². The molecular weight excluding hydrogens is 318 g/mol. The lowest BCUT2D eigenvalue weighted by Crippen LogP contribution is -2.33. The monoisotopic (exact) mass is 347 g/mol. The van der Waals surface area contributed by atoms with Gasteiger partial charge in [0, 0.05) is 32.3 Å². The van der Waals surface area contributed by atoms with E-state index in [1.165, 1.54) is 19.9 Å². The Kier molecular flexibility index (Phi) is 5.86. The fourth-order valence-electron chi connectivity index (χ4n) is 4.18. The van der Waals surface area contributed by atoms with Crippen molar-refractivity contribution in [3.63, 3.8) is 0 Å². The largest absolute Gasteiger partial charge is 0.349 e. The number of carbonyl (C=O) groups excluding carboxylic acids is 1. The van der Waals surface area contributed by atoms with Crippen LogP contribution in [0, 0.1) is 11.8 Å². The summed E-state index contributed by atoms with van der Waals surface area (Å²) in [5, 5.41) is 2.55. The molecule has 2 heterocycles. The molecule has 1 aliphatic carbocycles. The molecule has 1 aliphatic heterocycles. The van der Waals surface area contributed by atoms with Gasteiger partial charge in [-0.25, -0.2) is 4.79 Å². The number of anilines is 1. The Bertz CT molecular complexity index is 651. The van der Waals surface area contributed by atoms with Crippen LogP contribution in [0.3, 0.4) is 0 Å². The molecule has 25 heavy (non-hydrogen) atoms. The zero-order valence-electron chi connectivity index (χ0n) is 15.0. The molecule has 0 bridgehead atoms. The summed E-state index contributed by atoms with van der Waals surface area (Å²) in [6.45, 7) is 5.69. The maximum atomic E-state index is 12.2. The molecule has 7 heteroatoms. The van der Waals surface area contributed by atoms with E-state index in [4.69, 9.17) is 5.73 Å². The Balaban J connectivity index is 1.52. The van der Waals surface area contributed by atoms with E-state index in [-0.39, 0.29) is 17.6 Å². The van der Waals surface area contributed by atoms with Crippen LogP contribution < -0.4 is 16.7 Å². The van der Waals surface area contributed by atoms with E-state index in [0.29, 0.717) is 11.7 Å². The number of nitrogens with zero attached hydrogens (tertiary/aromatic N) is 3. The number of nitrogens with one attached hydrogen (secondary N) is 1. The molecule has 1 aromatic rings. The first-order chi connectivity index (χ1) is 12.0. The summed E-state index contributed by atoms with van der Waals surface area (Å²) in [5.74, 6) is 1.49. The van der Waals surface area contributed by atoms with Crippen molar-refractivity contribution in [2.75, 3.05) is 31.5 Å². The van der Waals surface area contributed by atoms with Crippen LogP contribution in [0.25, 0.3) is 0 Å². The van der Waals surface area contributed by atoms with Crippen molar-refractivity contribution in [1.29, 1.82) is 0 Å². The summed E-state index contributed by atoms with van der Waals surface area (Å²) in [6, 6.07) is 1.92. The van der Waals surface area contributed by atoms with E-state index in [1.54, 1.807) is 16.8 Å². The molecule has 3 rings (SSSR count). The number of aromatic nitrogens is 2. The minimum Gasteiger partial charge on any atom is -0.330 e. The van der Waals surface area contributed by atoms with Gasteiger partial charge in [-0.3, -0.25) is 9.36 Å². The molecule has 1 saturated carbocycles. The zero-order valence-corrected chi connectivity index (χ0v) is 15.0. The highest BCUT2D eigenvalue weighted by molar-refractivity contribution is 5.87. The molecule has 138 valence electrons. The number of hydrogen-bond acceptors (Lipinski definition) is 5. The Hall–Kier alpha value is -1.73. The summed E-state index contributed by atoms with van der Waals surface area (Å²) >= 11 is 0. The minimum atomic E-state index is -0.278. The van der Waals surface area contributed by atoms with E-state index < -0.39 is 0 Å². The van der Waals surface area contributed by atoms with Crippen LogP contribution in [0.4, 0.5) is 5.82 Å². The molecule has 0 spiro atoms. The van der Waals surface area contributed by atoms with Crippen LogP contribution in [-0.2, 0) is 4.79 Å². The van der Waals surface area contributed by atoms with Gasteiger partial charge in [0.25, 0.3) is 0 Å². The molecule has 1 saturated heterocycles. The molecule has 1 unspecified atom stereocenters. The third-order valence-electron chi connectivity index (χ3n) is 5.56. The van der Waals surface area contributed by atoms with Crippen molar-refractivity contribution in [2.45, 2.75) is 45.1 Å². The molecule has 0 aromatic carbocycles. The second-order valence-electron chi connectivity index (χ2n) is 7.51. The minimum absolute atomic E-state index is 0.219. The van der Waals surface area contributed by atoms with Crippen LogP contribution in [0.15, 0.2) is 17.1 Å². The molecule has 0 radical (unpaired) electrons. The highest BCUT2D eigenvalue weighted by atomic mass is 16.2. The van der Waals surface area contributed by atoms with E-state index in [0.717, 1.165) is 51.2 Å². The van der Waals surface area contributed by atoms with Gasteiger partial charge >= 0.3 is 5.69 Å². The second-order valence-corrected chi connectivity index (χ2v) is 7.51. The van der Waals surface area contributed by atoms with Gasteiger partial charge in [-0.15, -0.1) is 0 Å². The lowest BCUT2D eigenvalue weighted by atomic mass is 9.85. The Morgan fingerprint density at radius 1 is 1.28 bits per heavy atom. The number of rotatable bonds is 5. The summed E-state index contributed by atoms with van der Waals surface area (Å²) in [4.78, 5) is 29.8. The smallest absolute Gasteiger partial charge is 0.330 e. The van der Waals surface area contributed by atoms with Crippen LogP contribution >= 0.6 is 0 Å². The van der Waals surface area contributed by atoms with E-state index >= 15 is 0 Å². The predicted molar refractivity (Wildman–Crippen MR) is 97.4 cm³/mol. The average molecular weight is 347 g/mol. The Morgan fingerprint density at radius 3 is 2.64 bits per heavy atom. The summed E-state index contributed by atoms with van der Waals surface area (Å²) in [5.41, 5.74) is 5.50. The number of carbonyl (C=O) groups is 1. The Labute approximate surface area is 148 Å². The molecular formula is C18H29N5O2. The SMILES string of the molecule is CC(=O)Nc1ccn([C@H]2CC[C@H](CN3CCC(CN)C3)CC2)c(=O)n1. The van der Waals surface area contributed by atoms with Gasteiger partial charge in [-0.05, 0) is 63.1 Å². The van der Waals surface area contributed by atoms with Crippen molar-refractivity contribution in [2.24, 2.45) is 17.6 Å². The molecule has 1 atom stereocenters. The maximum Gasteiger partial charge on any atom is 0.349 e. The highest BCUT2D eigenvalue weighted by Gasteiger charge is 2.27. The van der Waals surface area contributed by atoms with Gasteiger partial charge in [-0.2, -0.15) is 4.98 Å². The van der Waals surface area contributed by atoms with Gasteiger partial charge < -0.3 is 16.0 Å². The number of nitrogens with two attached hydrogens (primary N) is 1. The average Bonchev–Trinajstić information content (AvgIpc) is 3.03. The lowest BCUT2D eigenvalue weighted by molar-refractivity contribution is -0.114. The standard InChI is InChI=1S/C18H29N5O2/c1-13(24)20-17-7-9-23(18(25)21-17)16-4-2-14(3-5-16)11-22-8-6-15(10-19)12-22/h7,9,14-16H,2-6,8,10-12,19H2,1H3,(H,20,21,24,25)/t14-,15?,16-. The van der Waals surface area contributed by atoms with Crippen molar-refractivity contribution < 1.29 is 4.79 Å². The molecule has 1 aromatic heterocycles. The highest BCUT2D eigenvalue weighted by Crippen LogP contribution is 2.32. The van der Waals surface area contributed by atoms with Gasteiger partial charge in [-0.1, -0.05) is 0 Å². The van der Waals surface area contributed by atoms with Gasteiger partial charge in [0.1, 0.15) is 5.82 Å². The number of likely N-dealkylation sites (tertiary alicyclic amines) is 1.